The Morgan fingerprint density at radius 2 is 2.25 bits per heavy atom. The Morgan fingerprint density at radius 1 is 1.45 bits per heavy atom. The van der Waals surface area contributed by atoms with Gasteiger partial charge < -0.3 is 15.2 Å². The first-order valence-electron chi connectivity index (χ1n) is 5.81. The van der Waals surface area contributed by atoms with Crippen LogP contribution in [0.2, 0.25) is 0 Å². The molecule has 0 radical (unpaired) electrons. The summed E-state index contributed by atoms with van der Waals surface area (Å²) in [4.78, 5) is 22.5. The third-order valence-corrected chi connectivity index (χ3v) is 2.51. The van der Waals surface area contributed by atoms with Crippen molar-refractivity contribution >= 4 is 17.5 Å². The van der Waals surface area contributed by atoms with Crippen LogP contribution >= 0.6 is 0 Å². The predicted octanol–water partition coefficient (Wildman–Crippen LogP) is 0.773. The first-order valence-corrected chi connectivity index (χ1v) is 5.81. The highest BCUT2D eigenvalue weighted by Gasteiger charge is 2.21. The first-order chi connectivity index (χ1) is 9.61. The maximum atomic E-state index is 11.1. The molecule has 0 amide bonds. The SMILES string of the molecule is CNc1nc(C)c([N+](=O)[O-])c(NCCc2ncon2)n1. The molecule has 10 heteroatoms. The summed E-state index contributed by atoms with van der Waals surface area (Å²) in [6.07, 6.45) is 1.69. The molecule has 2 rings (SSSR count). The van der Waals surface area contributed by atoms with Crippen LogP contribution in [0, 0.1) is 17.0 Å². The molecule has 10 nitrogen and oxygen atoms in total. The van der Waals surface area contributed by atoms with Crippen molar-refractivity contribution in [1.82, 2.24) is 20.1 Å². The molecular formula is C10H13N7O3. The van der Waals surface area contributed by atoms with E-state index >= 15 is 0 Å². The summed E-state index contributed by atoms with van der Waals surface area (Å²) in [6.45, 7) is 1.95. The zero-order chi connectivity index (χ0) is 14.5. The zero-order valence-electron chi connectivity index (χ0n) is 11.0. The summed E-state index contributed by atoms with van der Waals surface area (Å²) < 4.78 is 4.60. The molecule has 0 aromatic carbocycles. The molecule has 20 heavy (non-hydrogen) atoms. The van der Waals surface area contributed by atoms with E-state index in [0.717, 1.165) is 0 Å². The molecule has 2 heterocycles. The average Bonchev–Trinajstić information content (AvgIpc) is 2.90. The van der Waals surface area contributed by atoms with Crippen molar-refractivity contribution in [3.8, 4) is 0 Å². The van der Waals surface area contributed by atoms with Gasteiger partial charge in [-0.25, -0.2) is 4.98 Å². The van der Waals surface area contributed by atoms with E-state index in [9.17, 15) is 10.1 Å². The van der Waals surface area contributed by atoms with Crippen molar-refractivity contribution in [3.63, 3.8) is 0 Å². The van der Waals surface area contributed by atoms with Crippen molar-refractivity contribution in [1.29, 1.82) is 0 Å². The quantitative estimate of drug-likeness (QED) is 0.581. The lowest BCUT2D eigenvalue weighted by Gasteiger charge is -2.08. The second-order valence-electron chi connectivity index (χ2n) is 3.86. The molecule has 0 unspecified atom stereocenters. The third-order valence-electron chi connectivity index (χ3n) is 2.51. The topological polar surface area (TPSA) is 132 Å². The third kappa shape index (κ3) is 2.96. The molecule has 2 aromatic heterocycles. The normalized spacial score (nSPS) is 10.3. The molecule has 0 bridgehead atoms. The van der Waals surface area contributed by atoms with E-state index < -0.39 is 4.92 Å². The Morgan fingerprint density at radius 3 is 2.85 bits per heavy atom. The lowest BCUT2D eigenvalue weighted by atomic mass is 10.3. The number of nitro groups is 1. The molecule has 106 valence electrons. The summed E-state index contributed by atoms with van der Waals surface area (Å²) in [6, 6.07) is 0. The summed E-state index contributed by atoms with van der Waals surface area (Å²) in [5.74, 6) is 0.991. The van der Waals surface area contributed by atoms with Gasteiger partial charge in [-0.1, -0.05) is 5.16 Å². The fraction of sp³-hybridized carbons (Fsp3) is 0.400. The number of hydrogen-bond acceptors (Lipinski definition) is 9. The number of nitrogens with zero attached hydrogens (tertiary/aromatic N) is 5. The van der Waals surface area contributed by atoms with Crippen LogP contribution in [0.1, 0.15) is 11.5 Å². The molecule has 0 saturated carbocycles. The molecule has 0 spiro atoms. The van der Waals surface area contributed by atoms with Gasteiger partial charge in [-0.05, 0) is 6.92 Å². The van der Waals surface area contributed by atoms with E-state index in [1.807, 2.05) is 0 Å². The lowest BCUT2D eigenvalue weighted by Crippen LogP contribution is -2.12. The summed E-state index contributed by atoms with van der Waals surface area (Å²) in [7, 11) is 1.64. The van der Waals surface area contributed by atoms with Crippen molar-refractivity contribution in [3.05, 3.63) is 28.0 Å². The largest absolute Gasteiger partial charge is 0.364 e. The van der Waals surface area contributed by atoms with E-state index in [0.29, 0.717) is 24.7 Å². The Balaban J connectivity index is 2.16. The van der Waals surface area contributed by atoms with Crippen LogP contribution in [-0.2, 0) is 6.42 Å². The minimum absolute atomic E-state index is 0.142. The molecular weight excluding hydrogens is 266 g/mol. The maximum Gasteiger partial charge on any atom is 0.332 e. The van der Waals surface area contributed by atoms with Gasteiger partial charge in [0.15, 0.2) is 5.82 Å². The minimum atomic E-state index is -0.508. The predicted molar refractivity (Wildman–Crippen MR) is 69.5 cm³/mol. The number of aromatic nitrogens is 4. The Labute approximate surface area is 113 Å². The smallest absolute Gasteiger partial charge is 0.332 e. The molecule has 0 aliphatic carbocycles. The van der Waals surface area contributed by atoms with Crippen LogP contribution in [0.25, 0.3) is 0 Å². The Kier molecular flexibility index (Phi) is 4.03. The van der Waals surface area contributed by atoms with Crippen LogP contribution in [0.4, 0.5) is 17.5 Å². The van der Waals surface area contributed by atoms with Crippen molar-refractivity contribution in [2.45, 2.75) is 13.3 Å². The van der Waals surface area contributed by atoms with Crippen LogP contribution in [0.15, 0.2) is 10.9 Å². The summed E-state index contributed by atoms with van der Waals surface area (Å²) in [5, 5.41) is 20.4. The van der Waals surface area contributed by atoms with Gasteiger partial charge in [-0.15, -0.1) is 0 Å². The highest BCUT2D eigenvalue weighted by atomic mass is 16.6. The Hall–Kier alpha value is -2.78. The van der Waals surface area contributed by atoms with Gasteiger partial charge in [0.05, 0.1) is 4.92 Å². The van der Waals surface area contributed by atoms with E-state index in [2.05, 4.69) is 35.3 Å². The maximum absolute atomic E-state index is 11.1. The van der Waals surface area contributed by atoms with Gasteiger partial charge in [0.2, 0.25) is 18.2 Å². The van der Waals surface area contributed by atoms with E-state index in [1.165, 1.54) is 6.39 Å². The van der Waals surface area contributed by atoms with Gasteiger partial charge >= 0.3 is 5.69 Å². The number of hydrogen-bond donors (Lipinski definition) is 2. The molecule has 0 aliphatic heterocycles. The minimum Gasteiger partial charge on any atom is -0.364 e. The number of anilines is 2. The summed E-state index contributed by atoms with van der Waals surface area (Å²) >= 11 is 0. The standard InChI is InChI=1S/C10H13N7O3/c1-6-8(17(18)19)9(15-10(11-2)14-6)12-4-3-7-13-5-20-16-7/h5H,3-4H2,1-2H3,(H2,11,12,14,15). The summed E-state index contributed by atoms with van der Waals surface area (Å²) in [5.41, 5.74) is 0.147. The second kappa shape index (κ2) is 5.91. The first kappa shape index (κ1) is 13.6. The highest BCUT2D eigenvalue weighted by molar-refractivity contribution is 5.60. The Bertz CT molecular complexity index is 599. The number of aryl methyl sites for hydroxylation is 1. The average molecular weight is 279 g/mol. The van der Waals surface area contributed by atoms with Gasteiger partial charge in [0.1, 0.15) is 5.69 Å². The second-order valence-corrected chi connectivity index (χ2v) is 3.86. The lowest BCUT2D eigenvalue weighted by molar-refractivity contribution is -0.385. The monoisotopic (exact) mass is 279 g/mol. The van der Waals surface area contributed by atoms with Crippen LogP contribution < -0.4 is 10.6 Å². The van der Waals surface area contributed by atoms with Crippen LogP contribution in [0.3, 0.4) is 0 Å². The van der Waals surface area contributed by atoms with Crippen molar-refractivity contribution in [2.24, 2.45) is 0 Å². The zero-order valence-corrected chi connectivity index (χ0v) is 11.0. The molecule has 2 N–H and O–H groups in total. The molecule has 0 atom stereocenters. The number of rotatable bonds is 6. The van der Waals surface area contributed by atoms with Gasteiger partial charge in [0.25, 0.3) is 0 Å². The van der Waals surface area contributed by atoms with Crippen LogP contribution in [-0.4, -0.2) is 38.6 Å². The fourth-order valence-corrected chi connectivity index (χ4v) is 1.62. The number of nitrogens with one attached hydrogen (secondary N) is 2. The molecule has 0 saturated heterocycles. The highest BCUT2D eigenvalue weighted by Crippen LogP contribution is 2.26. The molecule has 0 fully saturated rings. The van der Waals surface area contributed by atoms with E-state index in [1.54, 1.807) is 14.0 Å². The van der Waals surface area contributed by atoms with Gasteiger partial charge in [-0.3, -0.25) is 10.1 Å². The fourth-order valence-electron chi connectivity index (χ4n) is 1.62. The molecule has 2 aromatic rings. The van der Waals surface area contributed by atoms with Crippen molar-refractivity contribution in [2.75, 3.05) is 24.2 Å². The molecule has 0 aliphatic rings. The van der Waals surface area contributed by atoms with Gasteiger partial charge in [-0.2, -0.15) is 9.97 Å². The van der Waals surface area contributed by atoms with Crippen LogP contribution in [0.5, 0.6) is 0 Å². The van der Waals surface area contributed by atoms with Gasteiger partial charge in [0, 0.05) is 20.0 Å². The van der Waals surface area contributed by atoms with E-state index in [-0.39, 0.29) is 17.2 Å². The van der Waals surface area contributed by atoms with E-state index in [4.69, 9.17) is 0 Å². The van der Waals surface area contributed by atoms with Crippen molar-refractivity contribution < 1.29 is 9.45 Å².